The van der Waals surface area contributed by atoms with Crippen molar-refractivity contribution in [1.29, 1.82) is 0 Å². The molecule has 0 spiro atoms. The maximum Gasteiger partial charge on any atom is 0.137 e. The van der Waals surface area contributed by atoms with Crippen LogP contribution < -0.4 is 5.32 Å². The van der Waals surface area contributed by atoms with Crippen LogP contribution in [0.15, 0.2) is 28.7 Å². The first-order chi connectivity index (χ1) is 9.80. The van der Waals surface area contributed by atoms with Crippen LogP contribution in [0.4, 0.5) is 0 Å². The Morgan fingerprint density at radius 3 is 2.52 bits per heavy atom. The summed E-state index contributed by atoms with van der Waals surface area (Å²) < 4.78 is 6.12. The van der Waals surface area contributed by atoms with Crippen molar-refractivity contribution in [2.45, 2.75) is 53.5 Å². The smallest absolute Gasteiger partial charge is 0.137 e. The van der Waals surface area contributed by atoms with Gasteiger partial charge in [0.05, 0.1) is 6.04 Å². The molecule has 1 aromatic carbocycles. The topological polar surface area (TPSA) is 25.2 Å². The lowest BCUT2D eigenvalue weighted by Gasteiger charge is -2.25. The fraction of sp³-hybridized carbons (Fsp3) is 0.579. The van der Waals surface area contributed by atoms with Crippen molar-refractivity contribution in [3.8, 4) is 0 Å². The summed E-state index contributed by atoms with van der Waals surface area (Å²) in [5.41, 5.74) is 2.61. The summed E-state index contributed by atoms with van der Waals surface area (Å²) in [5.74, 6) is 1.72. The van der Waals surface area contributed by atoms with Gasteiger partial charge in [-0.3, -0.25) is 0 Å². The second-order valence-electron chi connectivity index (χ2n) is 7.59. The van der Waals surface area contributed by atoms with Crippen LogP contribution in [0.1, 0.15) is 57.9 Å². The first-order valence-electron chi connectivity index (χ1n) is 7.96. The third-order valence-electron chi connectivity index (χ3n) is 4.05. The highest BCUT2D eigenvalue weighted by molar-refractivity contribution is 5.80. The van der Waals surface area contributed by atoms with Crippen LogP contribution in [0.2, 0.25) is 0 Å². The Morgan fingerprint density at radius 2 is 1.95 bits per heavy atom. The molecule has 2 unspecified atom stereocenters. The lowest BCUT2D eigenvalue weighted by atomic mass is 9.82. The lowest BCUT2D eigenvalue weighted by molar-refractivity contribution is 0.270. The van der Waals surface area contributed by atoms with E-state index in [2.05, 4.69) is 64.2 Å². The standard InChI is InChI=1S/C19H29NO/c1-13(12-19(3,4)5)10-16(20-6)17-11-15-9-7-8-14(2)18(15)21-17/h7-9,11,13,16,20H,10,12H2,1-6H3. The van der Waals surface area contributed by atoms with Crippen molar-refractivity contribution >= 4 is 11.0 Å². The second-order valence-corrected chi connectivity index (χ2v) is 7.59. The predicted molar refractivity (Wildman–Crippen MR) is 90.6 cm³/mol. The fourth-order valence-corrected chi connectivity index (χ4v) is 3.31. The molecule has 2 aromatic rings. The summed E-state index contributed by atoms with van der Waals surface area (Å²) in [7, 11) is 2.02. The van der Waals surface area contributed by atoms with Crippen molar-refractivity contribution in [3.05, 3.63) is 35.6 Å². The molecule has 2 atom stereocenters. The highest BCUT2D eigenvalue weighted by Crippen LogP contribution is 2.33. The molecule has 0 radical (unpaired) electrons. The Labute approximate surface area is 128 Å². The Hall–Kier alpha value is -1.28. The van der Waals surface area contributed by atoms with Gasteiger partial charge in [0, 0.05) is 5.39 Å². The summed E-state index contributed by atoms with van der Waals surface area (Å²) >= 11 is 0. The van der Waals surface area contributed by atoms with Gasteiger partial charge in [0.15, 0.2) is 0 Å². The molecule has 2 nitrogen and oxygen atoms in total. The molecule has 0 amide bonds. The maximum atomic E-state index is 6.12. The zero-order valence-electron chi connectivity index (χ0n) is 14.3. The Bertz CT molecular complexity index is 591. The van der Waals surface area contributed by atoms with Crippen molar-refractivity contribution in [1.82, 2.24) is 5.32 Å². The van der Waals surface area contributed by atoms with E-state index in [0.717, 1.165) is 17.8 Å². The number of hydrogen-bond acceptors (Lipinski definition) is 2. The molecule has 1 N–H and O–H groups in total. The van der Waals surface area contributed by atoms with Gasteiger partial charge < -0.3 is 9.73 Å². The van der Waals surface area contributed by atoms with Gasteiger partial charge in [0.2, 0.25) is 0 Å². The van der Waals surface area contributed by atoms with Crippen LogP contribution >= 0.6 is 0 Å². The van der Waals surface area contributed by atoms with Gasteiger partial charge in [-0.25, -0.2) is 0 Å². The van der Waals surface area contributed by atoms with Gasteiger partial charge in [-0.1, -0.05) is 45.9 Å². The number of rotatable bonds is 5. The van der Waals surface area contributed by atoms with Crippen LogP contribution in [-0.2, 0) is 0 Å². The number of para-hydroxylation sites is 1. The van der Waals surface area contributed by atoms with E-state index < -0.39 is 0 Å². The Morgan fingerprint density at radius 1 is 1.24 bits per heavy atom. The molecule has 0 bridgehead atoms. The van der Waals surface area contributed by atoms with Crippen LogP contribution in [0.25, 0.3) is 11.0 Å². The van der Waals surface area contributed by atoms with Crippen molar-refractivity contribution in [2.24, 2.45) is 11.3 Å². The Balaban J connectivity index is 2.18. The summed E-state index contributed by atoms with van der Waals surface area (Å²) in [6, 6.07) is 8.79. The summed E-state index contributed by atoms with van der Waals surface area (Å²) in [5, 5.41) is 4.62. The largest absolute Gasteiger partial charge is 0.459 e. The summed E-state index contributed by atoms with van der Waals surface area (Å²) in [6.07, 6.45) is 2.33. The van der Waals surface area contributed by atoms with Crippen LogP contribution in [0.5, 0.6) is 0 Å². The van der Waals surface area contributed by atoms with Gasteiger partial charge in [-0.2, -0.15) is 0 Å². The zero-order chi connectivity index (χ0) is 15.6. The van der Waals surface area contributed by atoms with E-state index in [0.29, 0.717) is 11.3 Å². The lowest BCUT2D eigenvalue weighted by Crippen LogP contribution is -2.21. The number of fused-ring (bicyclic) bond motifs is 1. The molecule has 1 aromatic heterocycles. The molecule has 0 saturated carbocycles. The second kappa shape index (κ2) is 6.23. The van der Waals surface area contributed by atoms with E-state index in [4.69, 9.17) is 4.42 Å². The third-order valence-corrected chi connectivity index (χ3v) is 4.05. The molecular formula is C19H29NO. The average molecular weight is 287 g/mol. The minimum absolute atomic E-state index is 0.286. The van der Waals surface area contributed by atoms with Gasteiger partial charge in [0.1, 0.15) is 11.3 Å². The molecule has 0 fully saturated rings. The molecule has 0 aliphatic rings. The quantitative estimate of drug-likeness (QED) is 0.789. The monoisotopic (exact) mass is 287 g/mol. The summed E-state index contributed by atoms with van der Waals surface area (Å²) in [4.78, 5) is 0. The first kappa shape index (κ1) is 16.1. The minimum Gasteiger partial charge on any atom is -0.459 e. The number of benzene rings is 1. The average Bonchev–Trinajstić information content (AvgIpc) is 2.79. The van der Waals surface area contributed by atoms with E-state index >= 15 is 0 Å². The molecule has 0 aliphatic carbocycles. The maximum absolute atomic E-state index is 6.12. The highest BCUT2D eigenvalue weighted by atomic mass is 16.3. The molecule has 21 heavy (non-hydrogen) atoms. The van der Waals surface area contributed by atoms with Crippen LogP contribution in [0, 0.1) is 18.3 Å². The highest BCUT2D eigenvalue weighted by Gasteiger charge is 2.21. The van der Waals surface area contributed by atoms with E-state index in [1.807, 2.05) is 7.05 Å². The SMILES string of the molecule is CNC(CC(C)CC(C)(C)C)c1cc2cccc(C)c2o1. The van der Waals surface area contributed by atoms with Crippen LogP contribution in [0.3, 0.4) is 0 Å². The van der Waals surface area contributed by atoms with E-state index in [9.17, 15) is 0 Å². The number of furan rings is 1. The van der Waals surface area contributed by atoms with Crippen molar-refractivity contribution < 1.29 is 4.42 Å². The van der Waals surface area contributed by atoms with E-state index in [-0.39, 0.29) is 6.04 Å². The van der Waals surface area contributed by atoms with Gasteiger partial charge in [-0.15, -0.1) is 0 Å². The van der Waals surface area contributed by atoms with E-state index in [1.165, 1.54) is 17.4 Å². The minimum atomic E-state index is 0.286. The molecule has 2 rings (SSSR count). The third kappa shape index (κ3) is 4.10. The normalized spacial score (nSPS) is 15.3. The first-order valence-corrected chi connectivity index (χ1v) is 7.96. The fourth-order valence-electron chi connectivity index (χ4n) is 3.31. The van der Waals surface area contributed by atoms with E-state index in [1.54, 1.807) is 0 Å². The van der Waals surface area contributed by atoms with Crippen LogP contribution in [-0.4, -0.2) is 7.05 Å². The number of nitrogens with one attached hydrogen (secondary N) is 1. The molecule has 2 heteroatoms. The molecule has 0 saturated heterocycles. The number of aryl methyl sites for hydroxylation is 1. The van der Waals surface area contributed by atoms with Gasteiger partial charge in [0.25, 0.3) is 0 Å². The van der Waals surface area contributed by atoms with Gasteiger partial charge >= 0.3 is 0 Å². The molecule has 0 aliphatic heterocycles. The predicted octanol–water partition coefficient (Wildman–Crippen LogP) is 5.46. The van der Waals surface area contributed by atoms with Gasteiger partial charge in [-0.05, 0) is 49.8 Å². The zero-order valence-corrected chi connectivity index (χ0v) is 14.3. The molecule has 1 heterocycles. The van der Waals surface area contributed by atoms with Crippen molar-refractivity contribution in [2.75, 3.05) is 7.05 Å². The number of hydrogen-bond donors (Lipinski definition) is 1. The molecule has 116 valence electrons. The van der Waals surface area contributed by atoms with Crippen molar-refractivity contribution in [3.63, 3.8) is 0 Å². The molecular weight excluding hydrogens is 258 g/mol. The Kier molecular flexibility index (Phi) is 4.77. The summed E-state index contributed by atoms with van der Waals surface area (Å²) in [6.45, 7) is 11.4.